The SMILES string of the molecule is CON[C@@H](CC(=O)O)C(=O)C(=O)OC(C)(C)C. The highest BCUT2D eigenvalue weighted by Crippen LogP contribution is 2.08. The molecule has 0 aromatic heterocycles. The lowest BCUT2D eigenvalue weighted by Gasteiger charge is -2.20. The molecule has 0 saturated carbocycles. The Labute approximate surface area is 99.0 Å². The number of nitrogens with one attached hydrogen (secondary N) is 1. The number of hydroxylamine groups is 1. The van der Waals surface area contributed by atoms with Gasteiger partial charge in [-0.15, -0.1) is 0 Å². The first-order chi connectivity index (χ1) is 7.67. The summed E-state index contributed by atoms with van der Waals surface area (Å²) in [4.78, 5) is 37.9. The molecule has 0 aliphatic rings. The van der Waals surface area contributed by atoms with Gasteiger partial charge in [0.25, 0.3) is 5.78 Å². The second kappa shape index (κ2) is 6.31. The maximum absolute atomic E-state index is 11.6. The van der Waals surface area contributed by atoms with Gasteiger partial charge in [0.1, 0.15) is 11.6 Å². The number of esters is 1. The van der Waals surface area contributed by atoms with Crippen LogP contribution in [0.4, 0.5) is 0 Å². The second-order valence-corrected chi connectivity index (χ2v) is 4.34. The fraction of sp³-hybridized carbons (Fsp3) is 0.700. The van der Waals surface area contributed by atoms with Crippen LogP contribution in [0, 0.1) is 0 Å². The Bertz CT molecular complexity index is 306. The van der Waals surface area contributed by atoms with E-state index >= 15 is 0 Å². The van der Waals surface area contributed by atoms with E-state index in [-0.39, 0.29) is 0 Å². The molecule has 17 heavy (non-hydrogen) atoms. The molecule has 7 heteroatoms. The predicted molar refractivity (Wildman–Crippen MR) is 57.0 cm³/mol. The molecule has 0 fully saturated rings. The lowest BCUT2D eigenvalue weighted by atomic mass is 10.1. The molecule has 0 amide bonds. The standard InChI is InChI=1S/C10H17NO6/c1-10(2,3)17-9(15)8(14)6(11-16-4)5-7(12)13/h6,11H,5H2,1-4H3,(H,12,13)/t6-/m0/s1. The fourth-order valence-corrected chi connectivity index (χ4v) is 0.975. The topological polar surface area (TPSA) is 102 Å². The summed E-state index contributed by atoms with van der Waals surface area (Å²) < 4.78 is 4.83. The van der Waals surface area contributed by atoms with Gasteiger partial charge in [-0.25, -0.2) is 4.79 Å². The van der Waals surface area contributed by atoms with E-state index < -0.39 is 35.8 Å². The van der Waals surface area contributed by atoms with Gasteiger partial charge in [-0.05, 0) is 20.8 Å². The number of hydrogen-bond donors (Lipinski definition) is 2. The van der Waals surface area contributed by atoms with Gasteiger partial charge in [0.15, 0.2) is 0 Å². The van der Waals surface area contributed by atoms with Crippen LogP contribution in [0.1, 0.15) is 27.2 Å². The molecule has 0 bridgehead atoms. The summed E-state index contributed by atoms with van der Waals surface area (Å²) in [5.74, 6) is -3.30. The van der Waals surface area contributed by atoms with E-state index in [1.54, 1.807) is 20.8 Å². The zero-order valence-corrected chi connectivity index (χ0v) is 10.3. The summed E-state index contributed by atoms with van der Waals surface area (Å²) in [6, 6.07) is -1.26. The molecule has 0 radical (unpaired) electrons. The number of rotatable bonds is 6. The third-order valence-corrected chi connectivity index (χ3v) is 1.56. The van der Waals surface area contributed by atoms with E-state index in [4.69, 9.17) is 9.84 Å². The van der Waals surface area contributed by atoms with Crippen molar-refractivity contribution in [3.63, 3.8) is 0 Å². The Morgan fingerprint density at radius 1 is 1.29 bits per heavy atom. The lowest BCUT2D eigenvalue weighted by molar-refractivity contribution is -0.165. The van der Waals surface area contributed by atoms with Crippen molar-refractivity contribution in [1.29, 1.82) is 0 Å². The van der Waals surface area contributed by atoms with Gasteiger partial charge in [-0.3, -0.25) is 9.59 Å². The number of carbonyl (C=O) groups is 3. The number of carboxylic acids is 1. The number of ketones is 1. The third kappa shape index (κ3) is 6.64. The maximum atomic E-state index is 11.6. The normalized spacial score (nSPS) is 12.9. The molecule has 2 N–H and O–H groups in total. The van der Waals surface area contributed by atoms with Crippen molar-refractivity contribution in [2.75, 3.05) is 7.11 Å². The van der Waals surface area contributed by atoms with Crippen molar-refractivity contribution in [2.45, 2.75) is 38.8 Å². The van der Waals surface area contributed by atoms with Gasteiger partial charge in [-0.1, -0.05) is 0 Å². The minimum absolute atomic E-state index is 0.564. The van der Waals surface area contributed by atoms with Crippen molar-refractivity contribution in [1.82, 2.24) is 5.48 Å². The highest BCUT2D eigenvalue weighted by molar-refractivity contribution is 6.36. The molecule has 0 aromatic carbocycles. The van der Waals surface area contributed by atoms with Crippen molar-refractivity contribution in [3.05, 3.63) is 0 Å². The molecule has 98 valence electrons. The van der Waals surface area contributed by atoms with E-state index in [0.717, 1.165) is 0 Å². The average molecular weight is 247 g/mol. The zero-order valence-electron chi connectivity index (χ0n) is 10.3. The Kier molecular flexibility index (Phi) is 5.77. The first-order valence-corrected chi connectivity index (χ1v) is 4.95. The Morgan fingerprint density at radius 2 is 1.82 bits per heavy atom. The summed E-state index contributed by atoms with van der Waals surface area (Å²) in [7, 11) is 1.22. The minimum atomic E-state index is -1.26. The molecule has 1 atom stereocenters. The molecule has 0 rings (SSSR count). The summed E-state index contributed by atoms with van der Waals surface area (Å²) >= 11 is 0. The predicted octanol–water partition coefficient (Wildman–Crippen LogP) is -0.109. The van der Waals surface area contributed by atoms with E-state index in [1.807, 2.05) is 0 Å². The van der Waals surface area contributed by atoms with E-state index in [0.29, 0.717) is 0 Å². The largest absolute Gasteiger partial charge is 0.481 e. The Morgan fingerprint density at radius 3 is 2.18 bits per heavy atom. The Balaban J connectivity index is 4.60. The summed E-state index contributed by atoms with van der Waals surface area (Å²) in [5.41, 5.74) is 1.34. The molecular formula is C10H17NO6. The summed E-state index contributed by atoms with van der Waals surface area (Å²) in [6.07, 6.45) is -0.564. The van der Waals surface area contributed by atoms with Crippen LogP contribution in [0.15, 0.2) is 0 Å². The van der Waals surface area contributed by atoms with Crippen molar-refractivity contribution < 1.29 is 29.1 Å². The molecular weight excluding hydrogens is 230 g/mol. The minimum Gasteiger partial charge on any atom is -0.481 e. The molecule has 0 heterocycles. The van der Waals surface area contributed by atoms with Crippen LogP contribution in [-0.4, -0.2) is 41.6 Å². The van der Waals surface area contributed by atoms with Crippen LogP contribution in [0.2, 0.25) is 0 Å². The maximum Gasteiger partial charge on any atom is 0.376 e. The van der Waals surface area contributed by atoms with Gasteiger partial charge in [0.2, 0.25) is 0 Å². The molecule has 0 spiro atoms. The number of aliphatic carboxylic acids is 1. The molecule has 0 unspecified atom stereocenters. The van der Waals surface area contributed by atoms with Crippen molar-refractivity contribution >= 4 is 17.7 Å². The van der Waals surface area contributed by atoms with Crippen molar-refractivity contribution in [3.8, 4) is 0 Å². The highest BCUT2D eigenvalue weighted by Gasteiger charge is 2.31. The van der Waals surface area contributed by atoms with Crippen LogP contribution in [0.5, 0.6) is 0 Å². The van der Waals surface area contributed by atoms with E-state index in [9.17, 15) is 14.4 Å². The molecule has 0 aromatic rings. The molecule has 0 aliphatic carbocycles. The summed E-state index contributed by atoms with van der Waals surface area (Å²) in [5, 5.41) is 8.57. The van der Waals surface area contributed by atoms with Gasteiger partial charge in [0.05, 0.1) is 13.5 Å². The average Bonchev–Trinajstić information content (AvgIpc) is 2.12. The highest BCUT2D eigenvalue weighted by atomic mass is 16.6. The zero-order chi connectivity index (χ0) is 13.6. The fourth-order valence-electron chi connectivity index (χ4n) is 0.975. The van der Waals surface area contributed by atoms with Crippen molar-refractivity contribution in [2.24, 2.45) is 0 Å². The monoisotopic (exact) mass is 247 g/mol. The smallest absolute Gasteiger partial charge is 0.376 e. The first kappa shape index (κ1) is 15.5. The molecule has 7 nitrogen and oxygen atoms in total. The van der Waals surface area contributed by atoms with Crippen LogP contribution in [-0.2, 0) is 24.0 Å². The molecule has 0 saturated heterocycles. The van der Waals surface area contributed by atoms with Gasteiger partial charge >= 0.3 is 11.9 Å². The number of ether oxygens (including phenoxy) is 1. The number of Topliss-reactive ketones (excluding diaryl/α,β-unsaturated/α-hetero) is 1. The van der Waals surface area contributed by atoms with Gasteiger partial charge < -0.3 is 14.7 Å². The third-order valence-electron chi connectivity index (χ3n) is 1.56. The number of hydrogen-bond acceptors (Lipinski definition) is 6. The lowest BCUT2D eigenvalue weighted by Crippen LogP contribution is -2.44. The van der Waals surface area contributed by atoms with Gasteiger partial charge in [-0.2, -0.15) is 5.48 Å². The Hall–Kier alpha value is -1.47. The van der Waals surface area contributed by atoms with Gasteiger partial charge in [0, 0.05) is 0 Å². The van der Waals surface area contributed by atoms with Crippen LogP contribution < -0.4 is 5.48 Å². The number of carbonyl (C=O) groups excluding carboxylic acids is 2. The summed E-state index contributed by atoms with van der Waals surface area (Å²) in [6.45, 7) is 4.82. The number of carboxylic acid groups (broad SMARTS) is 1. The molecule has 0 aliphatic heterocycles. The van der Waals surface area contributed by atoms with Crippen LogP contribution in [0.25, 0.3) is 0 Å². The van der Waals surface area contributed by atoms with E-state index in [1.165, 1.54) is 7.11 Å². The van der Waals surface area contributed by atoms with Crippen LogP contribution >= 0.6 is 0 Å². The van der Waals surface area contributed by atoms with Crippen LogP contribution in [0.3, 0.4) is 0 Å². The quantitative estimate of drug-likeness (QED) is 0.383. The van der Waals surface area contributed by atoms with E-state index in [2.05, 4.69) is 10.3 Å². The second-order valence-electron chi connectivity index (χ2n) is 4.34. The first-order valence-electron chi connectivity index (χ1n) is 4.95.